The highest BCUT2D eigenvalue weighted by molar-refractivity contribution is 7.99. The van der Waals surface area contributed by atoms with Gasteiger partial charge in [-0.05, 0) is 42.9 Å². The Labute approximate surface area is 213 Å². The molecule has 4 rings (SSSR count). The topological polar surface area (TPSA) is 120 Å². The number of benzene rings is 1. The van der Waals surface area contributed by atoms with Gasteiger partial charge in [-0.15, -0.1) is 23.4 Å². The molecular formula is C24H32ClFN2O6S. The first-order valence-electron chi connectivity index (χ1n) is 11.7. The smallest absolute Gasteiger partial charge is 0.240 e. The molecule has 2 fully saturated rings. The number of thioether (sulfide) groups is 1. The number of alkyl halides is 1. The lowest BCUT2D eigenvalue weighted by Crippen LogP contribution is -2.65. The van der Waals surface area contributed by atoms with E-state index in [-0.39, 0.29) is 17.6 Å². The Kier molecular flexibility index (Phi) is 8.76. The number of hydrogen-bond acceptors (Lipinski definition) is 8. The number of rotatable bonds is 6. The van der Waals surface area contributed by atoms with Crippen LogP contribution in [0.3, 0.4) is 0 Å². The molecule has 3 heterocycles. The zero-order valence-corrected chi connectivity index (χ0v) is 21.1. The zero-order valence-electron chi connectivity index (χ0n) is 19.5. The average Bonchev–Trinajstić information content (AvgIpc) is 3.12. The highest BCUT2D eigenvalue weighted by Gasteiger charge is 2.49. The Bertz CT molecular complexity index is 920. The van der Waals surface area contributed by atoms with Gasteiger partial charge in [-0.25, -0.2) is 4.39 Å². The number of nitrogens with one attached hydrogen (secondary N) is 2. The molecule has 0 aliphatic carbocycles. The third kappa shape index (κ3) is 5.70. The van der Waals surface area contributed by atoms with Gasteiger partial charge in [0, 0.05) is 12.5 Å². The largest absolute Gasteiger partial charge is 0.388 e. The quantitative estimate of drug-likeness (QED) is 0.344. The molecule has 194 valence electrons. The second-order valence-corrected chi connectivity index (χ2v) is 10.8. The van der Waals surface area contributed by atoms with E-state index in [4.69, 9.17) is 21.1 Å². The Hall–Kier alpha value is -1.24. The number of aliphatic hydroxyl groups is 3. The van der Waals surface area contributed by atoms with Crippen molar-refractivity contribution in [3.8, 4) is 0 Å². The van der Waals surface area contributed by atoms with Gasteiger partial charge in [0.05, 0.1) is 24.1 Å². The molecule has 1 amide bonds. The lowest BCUT2D eigenvalue weighted by molar-refractivity contribution is -0.205. The predicted octanol–water partition coefficient (Wildman–Crippen LogP) is 0.869. The number of halogens is 2. The fourth-order valence-electron chi connectivity index (χ4n) is 4.99. The fourth-order valence-corrected chi connectivity index (χ4v) is 5.87. The number of amides is 1. The number of aliphatic hydroxyl groups excluding tert-OH is 3. The molecule has 35 heavy (non-hydrogen) atoms. The molecule has 5 N–H and O–H groups in total. The van der Waals surface area contributed by atoms with Crippen molar-refractivity contribution in [1.29, 1.82) is 0 Å². The van der Waals surface area contributed by atoms with Crippen molar-refractivity contribution in [3.05, 3.63) is 41.7 Å². The molecule has 10 atom stereocenters. The predicted molar refractivity (Wildman–Crippen MR) is 131 cm³/mol. The Morgan fingerprint density at radius 3 is 2.60 bits per heavy atom. The van der Waals surface area contributed by atoms with Crippen LogP contribution in [0.2, 0.25) is 0 Å². The van der Waals surface area contributed by atoms with E-state index in [1.54, 1.807) is 25.3 Å². The first-order chi connectivity index (χ1) is 16.7. The average molecular weight is 531 g/mol. The van der Waals surface area contributed by atoms with E-state index in [0.29, 0.717) is 19.6 Å². The van der Waals surface area contributed by atoms with Gasteiger partial charge in [0.25, 0.3) is 0 Å². The van der Waals surface area contributed by atoms with Gasteiger partial charge in [0.15, 0.2) is 0 Å². The lowest BCUT2D eigenvalue weighted by atomic mass is 9.92. The van der Waals surface area contributed by atoms with Crippen LogP contribution in [0.15, 0.2) is 30.3 Å². The van der Waals surface area contributed by atoms with Crippen LogP contribution in [0.5, 0.6) is 0 Å². The summed E-state index contributed by atoms with van der Waals surface area (Å²) >= 11 is 7.58. The molecule has 8 nitrogen and oxygen atoms in total. The van der Waals surface area contributed by atoms with Gasteiger partial charge in [-0.1, -0.05) is 18.2 Å². The van der Waals surface area contributed by atoms with Gasteiger partial charge < -0.3 is 35.4 Å². The SMILES string of the molecule is CSC1O[C@H]([C@H](NC(=O)[C@H]2NC[C@@H]3C=C(c4ccc(F)cc4)CCO[C@@H]23)[C@H](C)Cl)C(O)[C@@H](O)[C@H]1O. The molecule has 0 spiro atoms. The fraction of sp³-hybridized carbons (Fsp3) is 0.625. The Morgan fingerprint density at radius 2 is 1.94 bits per heavy atom. The normalized spacial score (nSPS) is 37.1. The van der Waals surface area contributed by atoms with Crippen LogP contribution in [0, 0.1) is 11.7 Å². The van der Waals surface area contributed by atoms with Gasteiger partial charge in [-0.3, -0.25) is 4.79 Å². The number of hydrogen-bond donors (Lipinski definition) is 5. The molecule has 1 aromatic rings. The molecule has 0 bridgehead atoms. The third-order valence-electron chi connectivity index (χ3n) is 6.91. The van der Waals surface area contributed by atoms with E-state index < -0.39 is 53.4 Å². The van der Waals surface area contributed by atoms with E-state index >= 15 is 0 Å². The summed E-state index contributed by atoms with van der Waals surface area (Å²) in [6.07, 6.45) is -1.12. The van der Waals surface area contributed by atoms with Gasteiger partial charge >= 0.3 is 0 Å². The first kappa shape index (κ1) is 26.8. The monoisotopic (exact) mass is 530 g/mol. The first-order valence-corrected chi connectivity index (χ1v) is 13.4. The van der Waals surface area contributed by atoms with Crippen molar-refractivity contribution in [1.82, 2.24) is 10.6 Å². The van der Waals surface area contributed by atoms with Crippen LogP contribution >= 0.6 is 23.4 Å². The highest BCUT2D eigenvalue weighted by Crippen LogP contribution is 2.32. The maximum Gasteiger partial charge on any atom is 0.240 e. The summed E-state index contributed by atoms with van der Waals surface area (Å²) in [6.45, 7) is 2.60. The molecule has 3 aliphatic heterocycles. The zero-order chi connectivity index (χ0) is 25.3. The molecular weight excluding hydrogens is 499 g/mol. The maximum atomic E-state index is 13.3. The maximum absolute atomic E-state index is 13.3. The minimum Gasteiger partial charge on any atom is -0.388 e. The van der Waals surface area contributed by atoms with Crippen LogP contribution in [0.1, 0.15) is 18.9 Å². The summed E-state index contributed by atoms with van der Waals surface area (Å²) in [6, 6.07) is 4.85. The minimum atomic E-state index is -1.43. The van der Waals surface area contributed by atoms with E-state index in [0.717, 1.165) is 11.1 Å². The number of ether oxygens (including phenoxy) is 2. The van der Waals surface area contributed by atoms with E-state index in [2.05, 4.69) is 16.7 Å². The molecule has 2 unspecified atom stereocenters. The van der Waals surface area contributed by atoms with E-state index in [9.17, 15) is 24.5 Å². The van der Waals surface area contributed by atoms with Crippen molar-refractivity contribution >= 4 is 34.8 Å². The minimum absolute atomic E-state index is 0.0606. The van der Waals surface area contributed by atoms with Crippen molar-refractivity contribution in [3.63, 3.8) is 0 Å². The number of carbonyl (C=O) groups excluding carboxylic acids is 1. The molecule has 0 saturated carbocycles. The number of fused-ring (bicyclic) bond motifs is 1. The van der Waals surface area contributed by atoms with Crippen molar-refractivity contribution in [2.24, 2.45) is 5.92 Å². The van der Waals surface area contributed by atoms with E-state index in [1.807, 2.05) is 0 Å². The second kappa shape index (κ2) is 11.4. The Morgan fingerprint density at radius 1 is 1.23 bits per heavy atom. The number of carbonyl (C=O) groups is 1. The lowest BCUT2D eigenvalue weighted by Gasteiger charge is -2.44. The van der Waals surface area contributed by atoms with Crippen molar-refractivity contribution in [2.45, 2.75) is 66.8 Å². The summed E-state index contributed by atoms with van der Waals surface area (Å²) in [5.74, 6) is -0.710. The van der Waals surface area contributed by atoms with Crippen LogP contribution in [0.4, 0.5) is 4.39 Å². The van der Waals surface area contributed by atoms with Crippen LogP contribution in [0.25, 0.3) is 5.57 Å². The third-order valence-corrected chi connectivity index (χ3v) is 8.04. The summed E-state index contributed by atoms with van der Waals surface area (Å²) < 4.78 is 25.2. The molecule has 1 aromatic carbocycles. The van der Waals surface area contributed by atoms with Gasteiger partial charge in [0.2, 0.25) is 5.91 Å². The summed E-state index contributed by atoms with van der Waals surface area (Å²) in [5.41, 5.74) is 1.19. The summed E-state index contributed by atoms with van der Waals surface area (Å²) in [7, 11) is 0. The molecule has 2 saturated heterocycles. The molecule has 0 aromatic heterocycles. The van der Waals surface area contributed by atoms with Crippen molar-refractivity contribution < 1.29 is 34.0 Å². The molecule has 0 radical (unpaired) electrons. The van der Waals surface area contributed by atoms with Crippen LogP contribution < -0.4 is 10.6 Å². The van der Waals surface area contributed by atoms with Gasteiger partial charge in [0.1, 0.15) is 41.7 Å². The highest BCUT2D eigenvalue weighted by atomic mass is 35.5. The van der Waals surface area contributed by atoms with E-state index in [1.165, 1.54) is 23.9 Å². The van der Waals surface area contributed by atoms with Crippen LogP contribution in [-0.2, 0) is 14.3 Å². The standard InChI is InChI=1S/C24H32ClFN2O6S/c1-11(25)16(22-19(30)18(29)20(31)24(34-22)35-2)28-23(32)17-21-14(10-27-17)9-13(7-8-33-21)12-3-5-15(26)6-4-12/h3-6,9,11,14,16-22,24,27,29-31H,7-8,10H2,1-2H3,(H,28,32)/t11-,14-,16+,17-,18+,19?,20+,21+,22+,24?/m0/s1. The Balaban J connectivity index is 1.47. The molecule has 11 heteroatoms. The second-order valence-electron chi connectivity index (χ2n) is 9.22. The van der Waals surface area contributed by atoms with Crippen molar-refractivity contribution in [2.75, 3.05) is 19.4 Å². The molecule has 3 aliphatic rings. The summed E-state index contributed by atoms with van der Waals surface area (Å²) in [5, 5.41) is 36.5. The van der Waals surface area contributed by atoms with Gasteiger partial charge in [-0.2, -0.15) is 0 Å². The summed E-state index contributed by atoms with van der Waals surface area (Å²) in [4.78, 5) is 13.3. The van der Waals surface area contributed by atoms with Crippen LogP contribution in [-0.4, -0.2) is 94.1 Å².